The molecule has 1 amide bonds. The number of hydrogen-bond donors (Lipinski definition) is 1. The van der Waals surface area contributed by atoms with Crippen molar-refractivity contribution in [1.82, 2.24) is 9.80 Å². The smallest absolute Gasteiger partial charge is 0.223 e. The third kappa shape index (κ3) is 6.18. The summed E-state index contributed by atoms with van der Waals surface area (Å²) in [6.07, 6.45) is 1.19. The zero-order valence-electron chi connectivity index (χ0n) is 15.3. The third-order valence-electron chi connectivity index (χ3n) is 4.52. The van der Waals surface area contributed by atoms with E-state index in [-0.39, 0.29) is 5.91 Å². The molecule has 0 saturated carbocycles. The highest BCUT2D eigenvalue weighted by Gasteiger charge is 2.16. The molecule has 0 aliphatic rings. The van der Waals surface area contributed by atoms with Gasteiger partial charge in [0.05, 0.1) is 6.54 Å². The topological polar surface area (TPSA) is 49.6 Å². The lowest BCUT2D eigenvalue weighted by Gasteiger charge is -2.26. The first-order valence-corrected chi connectivity index (χ1v) is 9.87. The zero-order chi connectivity index (χ0) is 18.1. The highest BCUT2D eigenvalue weighted by Crippen LogP contribution is 2.16. The summed E-state index contributed by atoms with van der Waals surface area (Å²) < 4.78 is 0. The lowest BCUT2D eigenvalue weighted by atomic mass is 10.1. The molecule has 0 aliphatic heterocycles. The summed E-state index contributed by atoms with van der Waals surface area (Å²) >= 11 is 1.70. The Bertz CT molecular complexity index is 638. The molecule has 1 aromatic carbocycles. The lowest BCUT2D eigenvalue weighted by Crippen LogP contribution is -2.38. The van der Waals surface area contributed by atoms with Crippen LogP contribution in [0.25, 0.3) is 0 Å². The summed E-state index contributed by atoms with van der Waals surface area (Å²) in [6, 6.07) is 11.9. The Kier molecular flexibility index (Phi) is 7.95. The van der Waals surface area contributed by atoms with Gasteiger partial charge < -0.3 is 15.5 Å². The first kappa shape index (κ1) is 19.5. The minimum atomic E-state index is 0.198. The largest absolute Gasteiger partial charge is 0.399 e. The summed E-state index contributed by atoms with van der Waals surface area (Å²) in [5, 5.41) is 2.06. The number of nitrogens with zero attached hydrogens (tertiary/aromatic N) is 2. The van der Waals surface area contributed by atoms with Crippen molar-refractivity contribution in [3.05, 3.63) is 52.2 Å². The Morgan fingerprint density at radius 1 is 1.08 bits per heavy atom. The van der Waals surface area contributed by atoms with E-state index < -0.39 is 0 Å². The Labute approximate surface area is 155 Å². The van der Waals surface area contributed by atoms with Crippen molar-refractivity contribution in [3.8, 4) is 0 Å². The molecule has 0 radical (unpaired) electrons. The summed E-state index contributed by atoms with van der Waals surface area (Å²) in [7, 11) is 0. The number of benzene rings is 1. The van der Waals surface area contributed by atoms with Crippen LogP contribution in [-0.4, -0.2) is 41.9 Å². The average molecular weight is 360 g/mol. The maximum atomic E-state index is 12.8. The van der Waals surface area contributed by atoms with Crippen LogP contribution in [0.3, 0.4) is 0 Å². The van der Waals surface area contributed by atoms with Crippen molar-refractivity contribution >= 4 is 22.9 Å². The van der Waals surface area contributed by atoms with Crippen molar-refractivity contribution < 1.29 is 4.79 Å². The molecular formula is C20H29N3OS. The predicted molar refractivity (Wildman–Crippen MR) is 107 cm³/mol. The number of thiophene rings is 1. The molecule has 1 aromatic heterocycles. The van der Waals surface area contributed by atoms with Crippen LogP contribution in [0.5, 0.6) is 0 Å². The predicted octanol–water partition coefficient (Wildman–Crippen LogP) is 3.63. The van der Waals surface area contributed by atoms with Crippen LogP contribution in [-0.2, 0) is 17.8 Å². The highest BCUT2D eigenvalue weighted by atomic mass is 32.1. The third-order valence-corrected chi connectivity index (χ3v) is 5.38. The number of amides is 1. The molecule has 0 spiro atoms. The number of nitrogens with two attached hydrogens (primary N) is 1. The fraction of sp³-hybridized carbons (Fsp3) is 0.450. The van der Waals surface area contributed by atoms with Crippen LogP contribution in [0.1, 0.15) is 30.7 Å². The summed E-state index contributed by atoms with van der Waals surface area (Å²) in [6.45, 7) is 8.72. The van der Waals surface area contributed by atoms with E-state index in [0.29, 0.717) is 19.4 Å². The number of carbonyl (C=O) groups excluding carboxylic acids is 1. The molecule has 2 rings (SSSR count). The number of hydrogen-bond acceptors (Lipinski definition) is 4. The number of carbonyl (C=O) groups is 1. The molecule has 1 heterocycles. The van der Waals surface area contributed by atoms with Crippen LogP contribution >= 0.6 is 11.3 Å². The molecule has 2 N–H and O–H groups in total. The number of aryl methyl sites for hydroxylation is 1. The van der Waals surface area contributed by atoms with Gasteiger partial charge in [0.1, 0.15) is 0 Å². The van der Waals surface area contributed by atoms with Gasteiger partial charge in [-0.1, -0.05) is 38.1 Å². The van der Waals surface area contributed by atoms with E-state index in [1.54, 1.807) is 11.3 Å². The van der Waals surface area contributed by atoms with E-state index in [9.17, 15) is 4.79 Å². The zero-order valence-corrected chi connectivity index (χ0v) is 16.1. The average Bonchev–Trinajstić information content (AvgIpc) is 3.13. The molecule has 2 aromatic rings. The maximum absolute atomic E-state index is 12.8. The number of nitrogen functional groups attached to an aromatic ring is 1. The minimum absolute atomic E-state index is 0.198. The number of anilines is 1. The molecule has 136 valence electrons. The highest BCUT2D eigenvalue weighted by molar-refractivity contribution is 7.09. The molecular weight excluding hydrogens is 330 g/mol. The van der Waals surface area contributed by atoms with Gasteiger partial charge in [0.2, 0.25) is 5.91 Å². The van der Waals surface area contributed by atoms with Crippen LogP contribution in [0, 0.1) is 0 Å². The van der Waals surface area contributed by atoms with E-state index in [2.05, 4.69) is 30.2 Å². The van der Waals surface area contributed by atoms with Gasteiger partial charge in [0, 0.05) is 30.1 Å². The second kappa shape index (κ2) is 10.2. The van der Waals surface area contributed by atoms with Gasteiger partial charge in [-0.25, -0.2) is 0 Å². The number of likely N-dealkylation sites (N-methyl/N-ethyl adjacent to an activating group) is 1. The standard InChI is InChI=1S/C20H29N3OS/c1-3-22(4-2)13-14-23(16-18-9-7-15-25-18)20(24)12-11-17-8-5-6-10-19(17)21/h5-10,15H,3-4,11-14,16,21H2,1-2H3. The summed E-state index contributed by atoms with van der Waals surface area (Å²) in [4.78, 5) is 18.4. The Hall–Kier alpha value is -1.85. The normalized spacial score (nSPS) is 11.0. The van der Waals surface area contributed by atoms with Gasteiger partial charge in [-0.05, 0) is 42.6 Å². The summed E-state index contributed by atoms with van der Waals surface area (Å²) in [5.41, 5.74) is 7.82. The second-order valence-corrected chi connectivity index (χ2v) is 7.15. The van der Waals surface area contributed by atoms with Crippen molar-refractivity contribution in [2.75, 3.05) is 31.9 Å². The Balaban J connectivity index is 1.97. The van der Waals surface area contributed by atoms with E-state index in [0.717, 1.165) is 37.4 Å². The second-order valence-electron chi connectivity index (χ2n) is 6.12. The summed E-state index contributed by atoms with van der Waals surface area (Å²) in [5.74, 6) is 0.198. The van der Waals surface area contributed by atoms with Crippen molar-refractivity contribution in [1.29, 1.82) is 0 Å². The monoisotopic (exact) mass is 359 g/mol. The first-order chi connectivity index (χ1) is 12.1. The lowest BCUT2D eigenvalue weighted by molar-refractivity contribution is -0.132. The molecule has 0 bridgehead atoms. The molecule has 25 heavy (non-hydrogen) atoms. The van der Waals surface area contributed by atoms with Crippen molar-refractivity contribution in [2.24, 2.45) is 0 Å². The first-order valence-electron chi connectivity index (χ1n) is 8.99. The fourth-order valence-electron chi connectivity index (χ4n) is 2.85. The molecule has 0 aliphatic carbocycles. The van der Waals surface area contributed by atoms with Crippen LogP contribution in [0.15, 0.2) is 41.8 Å². The van der Waals surface area contributed by atoms with Gasteiger partial charge in [-0.3, -0.25) is 4.79 Å². The van der Waals surface area contributed by atoms with Gasteiger partial charge in [0.15, 0.2) is 0 Å². The van der Waals surface area contributed by atoms with Crippen LogP contribution in [0.2, 0.25) is 0 Å². The number of rotatable bonds is 10. The Morgan fingerprint density at radius 3 is 2.48 bits per heavy atom. The molecule has 0 saturated heterocycles. The van der Waals surface area contributed by atoms with E-state index in [1.165, 1.54) is 4.88 Å². The quantitative estimate of drug-likeness (QED) is 0.659. The van der Waals surface area contributed by atoms with Crippen molar-refractivity contribution in [2.45, 2.75) is 33.2 Å². The maximum Gasteiger partial charge on any atom is 0.223 e. The van der Waals surface area contributed by atoms with Gasteiger partial charge >= 0.3 is 0 Å². The molecule has 0 atom stereocenters. The van der Waals surface area contributed by atoms with Crippen LogP contribution < -0.4 is 5.73 Å². The van der Waals surface area contributed by atoms with Crippen molar-refractivity contribution in [3.63, 3.8) is 0 Å². The molecule has 5 heteroatoms. The minimum Gasteiger partial charge on any atom is -0.399 e. The molecule has 0 fully saturated rings. The number of para-hydroxylation sites is 1. The van der Waals surface area contributed by atoms with Gasteiger partial charge in [-0.15, -0.1) is 11.3 Å². The van der Waals surface area contributed by atoms with Gasteiger partial charge in [0.25, 0.3) is 0 Å². The fourth-order valence-corrected chi connectivity index (χ4v) is 3.57. The van der Waals surface area contributed by atoms with E-state index >= 15 is 0 Å². The molecule has 0 unspecified atom stereocenters. The van der Waals surface area contributed by atoms with Crippen LogP contribution in [0.4, 0.5) is 5.69 Å². The van der Waals surface area contributed by atoms with Gasteiger partial charge in [-0.2, -0.15) is 0 Å². The SMILES string of the molecule is CCN(CC)CCN(Cc1cccs1)C(=O)CCc1ccccc1N. The molecule has 4 nitrogen and oxygen atoms in total. The van der Waals surface area contributed by atoms with E-state index in [4.69, 9.17) is 5.73 Å². The Morgan fingerprint density at radius 2 is 1.84 bits per heavy atom. The van der Waals surface area contributed by atoms with E-state index in [1.807, 2.05) is 35.2 Å².